The Bertz CT molecular complexity index is 328. The normalized spacial score (nSPS) is 10.6. The summed E-state index contributed by atoms with van der Waals surface area (Å²) in [7, 11) is 1.70. The summed E-state index contributed by atoms with van der Waals surface area (Å²) in [5, 5.41) is 4.39. The molecule has 0 aliphatic carbocycles. The van der Waals surface area contributed by atoms with E-state index in [-0.39, 0.29) is 0 Å². The van der Waals surface area contributed by atoms with Gasteiger partial charge >= 0.3 is 0 Å². The highest BCUT2D eigenvalue weighted by Gasteiger charge is 2.05. The summed E-state index contributed by atoms with van der Waals surface area (Å²) in [5.74, 6) is 0.577. The molecule has 1 aromatic carbocycles. The molecule has 5 heteroatoms. The first-order chi connectivity index (χ1) is 8.75. The molecule has 0 amide bonds. The Morgan fingerprint density at radius 1 is 1.06 bits per heavy atom. The second-order valence-electron chi connectivity index (χ2n) is 3.85. The molecule has 0 bridgehead atoms. The molecule has 0 heterocycles. The fraction of sp³-hybridized carbons (Fsp3) is 0.538. The lowest BCUT2D eigenvalue weighted by atomic mass is 10.3. The lowest BCUT2D eigenvalue weighted by Crippen LogP contribution is -2.20. The first kappa shape index (κ1) is 15.6. The zero-order chi connectivity index (χ0) is 13.2. The van der Waals surface area contributed by atoms with Crippen molar-refractivity contribution < 1.29 is 9.47 Å². The van der Waals surface area contributed by atoms with Gasteiger partial charge in [0.25, 0.3) is 0 Å². The van der Waals surface area contributed by atoms with Crippen molar-refractivity contribution in [3.05, 3.63) is 28.2 Å². The average Bonchev–Trinajstić information content (AvgIpc) is 2.35. The fourth-order valence-corrected chi connectivity index (χ4v) is 1.95. The Morgan fingerprint density at radius 3 is 2.44 bits per heavy atom. The lowest BCUT2D eigenvalue weighted by molar-refractivity contribution is 0.199. The van der Waals surface area contributed by atoms with Crippen molar-refractivity contribution in [3.63, 3.8) is 0 Å². The molecule has 0 fully saturated rings. The molecule has 1 rings (SSSR count). The summed E-state index contributed by atoms with van der Waals surface area (Å²) in [6, 6.07) is 5.35. The molecule has 18 heavy (non-hydrogen) atoms. The Kier molecular flexibility index (Phi) is 8.18. The summed E-state index contributed by atoms with van der Waals surface area (Å²) in [6.07, 6.45) is 2.01. The van der Waals surface area contributed by atoms with Gasteiger partial charge in [0.05, 0.1) is 23.3 Å². The van der Waals surface area contributed by atoms with E-state index in [1.165, 1.54) is 0 Å². The van der Waals surface area contributed by atoms with Gasteiger partial charge in [-0.1, -0.05) is 29.3 Å². The van der Waals surface area contributed by atoms with Gasteiger partial charge in [-0.15, -0.1) is 0 Å². The van der Waals surface area contributed by atoms with Crippen LogP contribution in [0.5, 0.6) is 5.75 Å². The molecule has 102 valence electrons. The monoisotopic (exact) mass is 291 g/mol. The molecule has 0 aliphatic rings. The first-order valence-corrected chi connectivity index (χ1v) is 6.77. The molecule has 0 saturated carbocycles. The van der Waals surface area contributed by atoms with Crippen LogP contribution in [0.1, 0.15) is 12.8 Å². The number of rotatable bonds is 9. The molecule has 0 saturated heterocycles. The summed E-state index contributed by atoms with van der Waals surface area (Å²) in [4.78, 5) is 0. The minimum absolute atomic E-state index is 0.556. The molecule has 0 unspecified atom stereocenters. The van der Waals surface area contributed by atoms with Gasteiger partial charge in [0, 0.05) is 13.7 Å². The van der Waals surface area contributed by atoms with E-state index < -0.39 is 0 Å². The quantitative estimate of drug-likeness (QED) is 0.708. The van der Waals surface area contributed by atoms with Crippen LogP contribution in [0.2, 0.25) is 10.0 Å². The van der Waals surface area contributed by atoms with Crippen LogP contribution in [0, 0.1) is 0 Å². The van der Waals surface area contributed by atoms with Crippen molar-refractivity contribution in [3.8, 4) is 5.75 Å². The number of benzene rings is 1. The summed E-state index contributed by atoms with van der Waals surface area (Å²) < 4.78 is 10.5. The van der Waals surface area contributed by atoms with Gasteiger partial charge in [-0.05, 0) is 31.5 Å². The molecule has 3 nitrogen and oxygen atoms in total. The zero-order valence-corrected chi connectivity index (χ0v) is 12.1. The number of nitrogens with one attached hydrogen (secondary N) is 1. The lowest BCUT2D eigenvalue weighted by Gasteiger charge is -2.09. The van der Waals surface area contributed by atoms with Crippen LogP contribution in [-0.2, 0) is 4.74 Å². The van der Waals surface area contributed by atoms with Crippen molar-refractivity contribution in [2.75, 3.05) is 33.4 Å². The number of hydrogen-bond acceptors (Lipinski definition) is 3. The van der Waals surface area contributed by atoms with Crippen LogP contribution < -0.4 is 10.1 Å². The van der Waals surface area contributed by atoms with Gasteiger partial charge < -0.3 is 14.8 Å². The molecule has 0 aliphatic heterocycles. The smallest absolute Gasteiger partial charge is 0.156 e. The van der Waals surface area contributed by atoms with Crippen LogP contribution in [0.4, 0.5) is 0 Å². The number of methoxy groups -OCH3 is 1. The van der Waals surface area contributed by atoms with Crippen LogP contribution in [0.15, 0.2) is 18.2 Å². The van der Waals surface area contributed by atoms with Crippen molar-refractivity contribution in [2.24, 2.45) is 0 Å². The second-order valence-corrected chi connectivity index (χ2v) is 4.66. The van der Waals surface area contributed by atoms with E-state index in [2.05, 4.69) is 5.32 Å². The van der Waals surface area contributed by atoms with E-state index in [1.54, 1.807) is 25.3 Å². The Labute approximate surface area is 118 Å². The number of para-hydroxylation sites is 1. The van der Waals surface area contributed by atoms with Gasteiger partial charge in [0.1, 0.15) is 0 Å². The number of halogens is 2. The van der Waals surface area contributed by atoms with Crippen LogP contribution in [0.25, 0.3) is 0 Å². The average molecular weight is 292 g/mol. The highest BCUT2D eigenvalue weighted by atomic mass is 35.5. The van der Waals surface area contributed by atoms with Crippen LogP contribution >= 0.6 is 23.2 Å². The van der Waals surface area contributed by atoms with E-state index in [0.29, 0.717) is 22.4 Å². The predicted octanol–water partition coefficient (Wildman–Crippen LogP) is 3.39. The van der Waals surface area contributed by atoms with Crippen molar-refractivity contribution in [2.45, 2.75) is 12.8 Å². The first-order valence-electron chi connectivity index (χ1n) is 6.02. The van der Waals surface area contributed by atoms with E-state index in [1.807, 2.05) is 0 Å². The summed E-state index contributed by atoms with van der Waals surface area (Å²) in [5.41, 5.74) is 0. The van der Waals surface area contributed by atoms with Crippen molar-refractivity contribution in [1.82, 2.24) is 5.32 Å². The van der Waals surface area contributed by atoms with Gasteiger partial charge in [-0.25, -0.2) is 0 Å². The maximum Gasteiger partial charge on any atom is 0.156 e. The number of unbranched alkanes of at least 4 members (excludes halogenated alkanes) is 1. The number of ether oxygens (including phenoxy) is 2. The van der Waals surface area contributed by atoms with Crippen molar-refractivity contribution in [1.29, 1.82) is 0 Å². The van der Waals surface area contributed by atoms with E-state index in [0.717, 1.165) is 32.5 Å². The van der Waals surface area contributed by atoms with Gasteiger partial charge in [0.2, 0.25) is 0 Å². The molecule has 1 N–H and O–H groups in total. The largest absolute Gasteiger partial charge is 0.490 e. The minimum atomic E-state index is 0.556. The molecule has 0 aromatic heterocycles. The third kappa shape index (κ3) is 5.91. The number of hydrogen-bond donors (Lipinski definition) is 1. The molecule has 0 atom stereocenters. The summed E-state index contributed by atoms with van der Waals surface area (Å²) >= 11 is 12.0. The third-order valence-corrected chi connectivity index (χ3v) is 2.99. The van der Waals surface area contributed by atoms with E-state index >= 15 is 0 Å². The molecule has 1 aromatic rings. The maximum atomic E-state index is 5.99. The van der Waals surface area contributed by atoms with Crippen LogP contribution in [0.3, 0.4) is 0 Å². The van der Waals surface area contributed by atoms with Crippen LogP contribution in [-0.4, -0.2) is 33.4 Å². The second kappa shape index (κ2) is 9.45. The predicted molar refractivity (Wildman–Crippen MR) is 75.9 cm³/mol. The third-order valence-electron chi connectivity index (χ3n) is 2.40. The van der Waals surface area contributed by atoms with E-state index in [9.17, 15) is 0 Å². The van der Waals surface area contributed by atoms with Crippen molar-refractivity contribution >= 4 is 23.2 Å². The zero-order valence-electron chi connectivity index (χ0n) is 10.5. The maximum absolute atomic E-state index is 5.99. The standard InChI is InChI=1S/C13H19Cl2NO2/c1-17-10-8-16-7-2-3-9-18-13-11(14)5-4-6-12(13)15/h4-6,16H,2-3,7-10H2,1H3. The molecular formula is C13H19Cl2NO2. The Morgan fingerprint density at radius 2 is 1.78 bits per heavy atom. The Hall–Kier alpha value is -0.480. The minimum Gasteiger partial charge on any atom is -0.490 e. The summed E-state index contributed by atoms with van der Waals surface area (Å²) in [6.45, 7) is 3.21. The Balaban J connectivity index is 2.11. The van der Waals surface area contributed by atoms with Gasteiger partial charge in [0.15, 0.2) is 5.75 Å². The topological polar surface area (TPSA) is 30.5 Å². The highest BCUT2D eigenvalue weighted by molar-refractivity contribution is 6.37. The molecular weight excluding hydrogens is 273 g/mol. The van der Waals surface area contributed by atoms with Gasteiger partial charge in [-0.3, -0.25) is 0 Å². The fourth-order valence-electron chi connectivity index (χ4n) is 1.45. The van der Waals surface area contributed by atoms with E-state index in [4.69, 9.17) is 32.7 Å². The highest BCUT2D eigenvalue weighted by Crippen LogP contribution is 2.32. The SMILES string of the molecule is COCCNCCCCOc1c(Cl)cccc1Cl. The molecule has 0 spiro atoms. The van der Waals surface area contributed by atoms with Gasteiger partial charge in [-0.2, -0.15) is 0 Å². The molecule has 0 radical (unpaired) electrons.